The standard InChI is InChI=1S/C15H19N7/c1-4-22(9(2)11-6-5-7-17-13(11)16)15-12-8-18-21-14(12)19-10(3)20-15/h5-9H,4H2,1-3H3,(H2,16,17)(H,18,19,20,21)/t9-/m0/s1. The summed E-state index contributed by atoms with van der Waals surface area (Å²) >= 11 is 0. The molecule has 0 aromatic carbocycles. The number of aromatic nitrogens is 5. The molecule has 3 rings (SSSR count). The molecule has 3 aromatic heterocycles. The van der Waals surface area contributed by atoms with Crippen molar-refractivity contribution in [1.29, 1.82) is 0 Å². The van der Waals surface area contributed by atoms with Gasteiger partial charge >= 0.3 is 0 Å². The average Bonchev–Trinajstić information content (AvgIpc) is 2.96. The fourth-order valence-corrected chi connectivity index (χ4v) is 2.71. The van der Waals surface area contributed by atoms with E-state index in [0.717, 1.165) is 29.0 Å². The number of rotatable bonds is 4. The molecule has 7 nitrogen and oxygen atoms in total. The Morgan fingerprint density at radius 2 is 2.18 bits per heavy atom. The van der Waals surface area contributed by atoms with Crippen LogP contribution in [0.5, 0.6) is 0 Å². The number of pyridine rings is 1. The number of nitrogens with two attached hydrogens (primary N) is 1. The van der Waals surface area contributed by atoms with Gasteiger partial charge in [0, 0.05) is 18.3 Å². The van der Waals surface area contributed by atoms with Crippen LogP contribution in [0.15, 0.2) is 24.5 Å². The number of nitrogens with zero attached hydrogens (tertiary/aromatic N) is 5. The highest BCUT2D eigenvalue weighted by molar-refractivity contribution is 5.86. The van der Waals surface area contributed by atoms with E-state index in [-0.39, 0.29) is 6.04 Å². The zero-order valence-electron chi connectivity index (χ0n) is 12.9. The fraction of sp³-hybridized carbons (Fsp3) is 0.333. The molecule has 3 N–H and O–H groups in total. The summed E-state index contributed by atoms with van der Waals surface area (Å²) < 4.78 is 0. The predicted octanol–water partition coefficient (Wildman–Crippen LogP) is 2.23. The molecule has 3 aromatic rings. The van der Waals surface area contributed by atoms with Crippen LogP contribution in [0.1, 0.15) is 31.3 Å². The van der Waals surface area contributed by atoms with Crippen LogP contribution in [0.25, 0.3) is 11.0 Å². The Morgan fingerprint density at radius 1 is 1.36 bits per heavy atom. The van der Waals surface area contributed by atoms with Crippen molar-refractivity contribution in [3.63, 3.8) is 0 Å². The first kappa shape index (κ1) is 14.2. The van der Waals surface area contributed by atoms with Gasteiger partial charge in [0.25, 0.3) is 0 Å². The quantitative estimate of drug-likeness (QED) is 0.766. The maximum absolute atomic E-state index is 6.03. The first-order valence-electron chi connectivity index (χ1n) is 7.26. The molecule has 3 heterocycles. The van der Waals surface area contributed by atoms with Crippen molar-refractivity contribution in [1.82, 2.24) is 25.1 Å². The van der Waals surface area contributed by atoms with Gasteiger partial charge in [0.2, 0.25) is 0 Å². The minimum atomic E-state index is 0.0473. The molecule has 0 aliphatic rings. The normalized spacial score (nSPS) is 12.5. The van der Waals surface area contributed by atoms with Gasteiger partial charge in [0.05, 0.1) is 17.6 Å². The summed E-state index contributed by atoms with van der Waals surface area (Å²) in [6.45, 7) is 6.85. The molecule has 7 heteroatoms. The van der Waals surface area contributed by atoms with E-state index < -0.39 is 0 Å². The SMILES string of the molecule is CCN(c1nc(C)nc2[nH]ncc12)[C@@H](C)c1cccnc1N. The summed E-state index contributed by atoms with van der Waals surface area (Å²) in [4.78, 5) is 15.3. The lowest BCUT2D eigenvalue weighted by Gasteiger charge is -2.30. The van der Waals surface area contributed by atoms with Gasteiger partial charge in [-0.25, -0.2) is 15.0 Å². The first-order valence-corrected chi connectivity index (χ1v) is 7.26. The third-order valence-electron chi connectivity index (χ3n) is 3.80. The summed E-state index contributed by atoms with van der Waals surface area (Å²) in [5.74, 6) is 2.11. The second-order valence-electron chi connectivity index (χ2n) is 5.17. The lowest BCUT2D eigenvalue weighted by Crippen LogP contribution is -2.28. The third-order valence-corrected chi connectivity index (χ3v) is 3.80. The van der Waals surface area contributed by atoms with Crippen molar-refractivity contribution in [2.75, 3.05) is 17.2 Å². The lowest BCUT2D eigenvalue weighted by atomic mass is 10.1. The summed E-state index contributed by atoms with van der Waals surface area (Å²) in [5, 5.41) is 7.89. The van der Waals surface area contributed by atoms with E-state index in [2.05, 4.69) is 43.9 Å². The predicted molar refractivity (Wildman–Crippen MR) is 86.5 cm³/mol. The Kier molecular flexibility index (Phi) is 3.62. The Morgan fingerprint density at radius 3 is 2.91 bits per heavy atom. The summed E-state index contributed by atoms with van der Waals surface area (Å²) in [5.41, 5.74) is 7.75. The highest BCUT2D eigenvalue weighted by Gasteiger charge is 2.21. The van der Waals surface area contributed by atoms with Crippen molar-refractivity contribution >= 4 is 22.7 Å². The molecule has 0 unspecified atom stereocenters. The number of anilines is 2. The molecule has 0 spiro atoms. The van der Waals surface area contributed by atoms with Crippen LogP contribution < -0.4 is 10.6 Å². The van der Waals surface area contributed by atoms with Crippen molar-refractivity contribution in [3.05, 3.63) is 35.9 Å². The molecule has 114 valence electrons. The van der Waals surface area contributed by atoms with E-state index in [1.54, 1.807) is 12.4 Å². The molecule has 22 heavy (non-hydrogen) atoms. The monoisotopic (exact) mass is 297 g/mol. The van der Waals surface area contributed by atoms with Crippen molar-refractivity contribution < 1.29 is 0 Å². The van der Waals surface area contributed by atoms with Crippen LogP contribution in [-0.2, 0) is 0 Å². The minimum Gasteiger partial charge on any atom is -0.383 e. The molecule has 0 saturated carbocycles. The van der Waals surface area contributed by atoms with E-state index in [1.807, 2.05) is 19.1 Å². The zero-order valence-corrected chi connectivity index (χ0v) is 12.9. The second-order valence-corrected chi connectivity index (χ2v) is 5.17. The summed E-state index contributed by atoms with van der Waals surface area (Å²) in [6, 6.07) is 3.94. The average molecular weight is 297 g/mol. The van der Waals surface area contributed by atoms with Gasteiger partial charge < -0.3 is 10.6 Å². The fourth-order valence-electron chi connectivity index (χ4n) is 2.71. The van der Waals surface area contributed by atoms with E-state index in [1.165, 1.54) is 0 Å². The van der Waals surface area contributed by atoms with Gasteiger partial charge in [0.1, 0.15) is 17.5 Å². The molecule has 1 atom stereocenters. The second kappa shape index (κ2) is 5.59. The number of hydrogen-bond donors (Lipinski definition) is 2. The number of H-pyrrole nitrogens is 1. The minimum absolute atomic E-state index is 0.0473. The Labute approximate surface area is 128 Å². The van der Waals surface area contributed by atoms with Crippen LogP contribution in [0.3, 0.4) is 0 Å². The van der Waals surface area contributed by atoms with Crippen LogP contribution in [0.2, 0.25) is 0 Å². The highest BCUT2D eigenvalue weighted by Crippen LogP contribution is 2.31. The maximum Gasteiger partial charge on any atom is 0.161 e. The zero-order chi connectivity index (χ0) is 15.7. The Hall–Kier alpha value is -2.70. The third kappa shape index (κ3) is 2.34. The lowest BCUT2D eigenvalue weighted by molar-refractivity contribution is 0.680. The molecule has 0 saturated heterocycles. The van der Waals surface area contributed by atoms with Gasteiger partial charge in [-0.15, -0.1) is 0 Å². The summed E-state index contributed by atoms with van der Waals surface area (Å²) in [7, 11) is 0. The number of nitrogens with one attached hydrogen (secondary N) is 1. The maximum atomic E-state index is 6.03. The number of nitrogen functional groups attached to an aromatic ring is 1. The molecule has 0 aliphatic carbocycles. The number of aromatic amines is 1. The molecule has 0 fully saturated rings. The Bertz CT molecular complexity index is 795. The van der Waals surface area contributed by atoms with Gasteiger partial charge in [-0.05, 0) is 26.8 Å². The van der Waals surface area contributed by atoms with E-state index >= 15 is 0 Å². The van der Waals surface area contributed by atoms with Crippen LogP contribution in [0.4, 0.5) is 11.6 Å². The van der Waals surface area contributed by atoms with Crippen LogP contribution >= 0.6 is 0 Å². The van der Waals surface area contributed by atoms with Crippen molar-refractivity contribution in [3.8, 4) is 0 Å². The van der Waals surface area contributed by atoms with Gasteiger partial charge in [-0.2, -0.15) is 5.10 Å². The summed E-state index contributed by atoms with van der Waals surface area (Å²) in [6.07, 6.45) is 3.46. The van der Waals surface area contributed by atoms with Gasteiger partial charge in [-0.1, -0.05) is 6.07 Å². The first-order chi connectivity index (χ1) is 10.6. The van der Waals surface area contributed by atoms with E-state index in [9.17, 15) is 0 Å². The number of aryl methyl sites for hydroxylation is 1. The van der Waals surface area contributed by atoms with Crippen LogP contribution in [0, 0.1) is 6.92 Å². The van der Waals surface area contributed by atoms with Gasteiger partial charge in [-0.3, -0.25) is 5.10 Å². The van der Waals surface area contributed by atoms with Crippen LogP contribution in [-0.4, -0.2) is 31.7 Å². The number of hydrogen-bond acceptors (Lipinski definition) is 6. The molecule has 0 radical (unpaired) electrons. The smallest absolute Gasteiger partial charge is 0.161 e. The number of fused-ring (bicyclic) bond motifs is 1. The molecule has 0 amide bonds. The van der Waals surface area contributed by atoms with Crippen molar-refractivity contribution in [2.45, 2.75) is 26.8 Å². The molecule has 0 aliphatic heterocycles. The van der Waals surface area contributed by atoms with Crippen molar-refractivity contribution in [2.24, 2.45) is 0 Å². The molecular weight excluding hydrogens is 278 g/mol. The molecule has 0 bridgehead atoms. The largest absolute Gasteiger partial charge is 0.383 e. The van der Waals surface area contributed by atoms with E-state index in [4.69, 9.17) is 5.73 Å². The highest BCUT2D eigenvalue weighted by atomic mass is 15.2. The molecular formula is C15H19N7. The Balaban J connectivity index is 2.10. The topological polar surface area (TPSA) is 96.6 Å². The van der Waals surface area contributed by atoms with E-state index in [0.29, 0.717) is 11.6 Å². The van der Waals surface area contributed by atoms with Gasteiger partial charge in [0.15, 0.2) is 5.65 Å².